The van der Waals surface area contributed by atoms with Gasteiger partial charge in [0.15, 0.2) is 40.3 Å². The number of methoxy groups -OCH3 is 1. The van der Waals surface area contributed by atoms with E-state index in [1.54, 1.807) is 0 Å². The van der Waals surface area contributed by atoms with E-state index in [4.69, 9.17) is 19.3 Å². The molecule has 0 aromatic heterocycles. The van der Waals surface area contributed by atoms with Crippen LogP contribution in [0, 0.1) is 0 Å². The lowest BCUT2D eigenvalue weighted by Crippen LogP contribution is -2.60. The minimum atomic E-state index is -2.62. The first-order valence-electron chi connectivity index (χ1n) is 13.7. The van der Waals surface area contributed by atoms with E-state index >= 15 is 0 Å². The first kappa shape index (κ1) is 35.9. The molecule has 16 heteroatoms. The zero-order valence-electron chi connectivity index (χ0n) is 24.9. The van der Waals surface area contributed by atoms with Crippen LogP contribution in [-0.2, 0) is 42.9 Å². The fourth-order valence-corrected chi connectivity index (χ4v) is 4.56. The van der Waals surface area contributed by atoms with Crippen molar-refractivity contribution in [1.29, 1.82) is 0 Å². The number of hydrogen-bond acceptors (Lipinski definition) is 15. The van der Waals surface area contributed by atoms with Gasteiger partial charge >= 0.3 is 29.8 Å². The Bertz CT molecular complexity index is 1500. The van der Waals surface area contributed by atoms with Crippen LogP contribution in [-0.4, -0.2) is 102 Å². The minimum absolute atomic E-state index is 0.236. The van der Waals surface area contributed by atoms with Gasteiger partial charge in [0.2, 0.25) is 0 Å². The first-order valence-corrected chi connectivity index (χ1v) is 13.7. The third-order valence-electron chi connectivity index (χ3n) is 6.91. The number of esters is 4. The third kappa shape index (κ3) is 9.44. The second-order valence-electron chi connectivity index (χ2n) is 10.8. The molecule has 47 heavy (non-hydrogen) atoms. The Labute approximate surface area is 266 Å². The molecule has 2 aromatic carbocycles. The summed E-state index contributed by atoms with van der Waals surface area (Å²) in [4.78, 5) is 62.5. The molecule has 3 rings (SSSR count). The zero-order chi connectivity index (χ0) is 35.1. The molecule has 16 nitrogen and oxygen atoms in total. The molecule has 1 unspecified atom stereocenters. The number of benzene rings is 2. The van der Waals surface area contributed by atoms with Crippen molar-refractivity contribution in [1.82, 2.24) is 0 Å². The number of aromatic hydroxyl groups is 4. The lowest BCUT2D eigenvalue weighted by molar-refractivity contribution is -0.220. The Kier molecular flexibility index (Phi) is 11.2. The maximum absolute atomic E-state index is 12.9. The highest BCUT2D eigenvalue weighted by Crippen LogP contribution is 2.36. The number of aliphatic carboxylic acids is 1. The third-order valence-corrected chi connectivity index (χ3v) is 6.91. The van der Waals surface area contributed by atoms with E-state index in [-0.39, 0.29) is 11.1 Å². The molecule has 1 fully saturated rings. The molecular formula is C31H32O16. The average molecular weight is 661 g/mol. The van der Waals surface area contributed by atoms with Gasteiger partial charge in [-0.1, -0.05) is 12.1 Å². The Hall–Kier alpha value is -5.61. The number of phenolic OH excluding ortho intramolecular Hbond substituents is 4. The molecule has 0 spiro atoms. The number of hydrogen-bond donors (Lipinski definition) is 7. The van der Waals surface area contributed by atoms with Crippen molar-refractivity contribution in [2.24, 2.45) is 0 Å². The molecule has 1 saturated carbocycles. The number of carbonyl (C=O) groups is 5. The number of carboxylic acid groups (broad SMARTS) is 1. The summed E-state index contributed by atoms with van der Waals surface area (Å²) in [5, 5.41) is 69.1. The Morgan fingerprint density at radius 1 is 0.809 bits per heavy atom. The van der Waals surface area contributed by atoms with E-state index in [1.165, 1.54) is 24.3 Å². The number of phenols is 4. The van der Waals surface area contributed by atoms with Gasteiger partial charge in [0.05, 0.1) is 13.5 Å². The van der Waals surface area contributed by atoms with Gasteiger partial charge < -0.3 is 54.7 Å². The number of carbonyl (C=O) groups excluding carboxylic acids is 4. The minimum Gasteiger partial charge on any atom is -0.504 e. The number of aliphatic hydroxyl groups is 2. The van der Waals surface area contributed by atoms with E-state index in [1.807, 2.05) is 0 Å². The van der Waals surface area contributed by atoms with Gasteiger partial charge in [-0.25, -0.2) is 19.2 Å². The summed E-state index contributed by atoms with van der Waals surface area (Å²) in [5.74, 6) is -8.44. The van der Waals surface area contributed by atoms with Crippen LogP contribution in [0.15, 0.2) is 48.6 Å². The van der Waals surface area contributed by atoms with E-state index in [9.17, 15) is 54.6 Å². The molecule has 0 bridgehead atoms. The molecule has 0 radical (unpaired) electrons. The van der Waals surface area contributed by atoms with E-state index in [0.29, 0.717) is 0 Å². The Morgan fingerprint density at radius 3 is 1.64 bits per heavy atom. The Morgan fingerprint density at radius 2 is 1.26 bits per heavy atom. The summed E-state index contributed by atoms with van der Waals surface area (Å²) in [5.41, 5.74) is -4.62. The number of carboxylic acids is 1. The van der Waals surface area contributed by atoms with Crippen LogP contribution >= 0.6 is 0 Å². The SMILES string of the molecule is COC(=O)C1(O)C[C@@H](OC(=O)/C=C/c2ccc(O)c(O)c2)C(OC(=O)C(C)(O)CC(=O)O)[C@H](OC(=O)/C=C/c2ccc(O)c(O)c2)C1. The molecule has 2 aromatic rings. The smallest absolute Gasteiger partial charge is 0.338 e. The molecule has 3 atom stereocenters. The molecule has 1 aliphatic carbocycles. The van der Waals surface area contributed by atoms with Crippen LogP contribution in [0.3, 0.4) is 0 Å². The van der Waals surface area contributed by atoms with Crippen LogP contribution in [0.1, 0.15) is 37.3 Å². The van der Waals surface area contributed by atoms with Crippen LogP contribution in [0.4, 0.5) is 0 Å². The van der Waals surface area contributed by atoms with Gasteiger partial charge in [-0.05, 0) is 54.5 Å². The van der Waals surface area contributed by atoms with Gasteiger partial charge in [0.25, 0.3) is 0 Å². The van der Waals surface area contributed by atoms with Crippen molar-refractivity contribution in [3.63, 3.8) is 0 Å². The van der Waals surface area contributed by atoms with E-state index < -0.39 is 102 Å². The molecule has 0 amide bonds. The fraction of sp³-hybridized carbons (Fsp3) is 0.323. The average Bonchev–Trinajstić information content (AvgIpc) is 2.98. The molecule has 0 saturated heterocycles. The van der Waals surface area contributed by atoms with Crippen LogP contribution in [0.2, 0.25) is 0 Å². The van der Waals surface area contributed by atoms with Crippen molar-refractivity contribution >= 4 is 42.0 Å². The highest BCUT2D eigenvalue weighted by Gasteiger charge is 2.55. The summed E-state index contributed by atoms with van der Waals surface area (Å²) in [6, 6.07) is 7.21. The summed E-state index contributed by atoms with van der Waals surface area (Å²) in [7, 11) is 0.948. The van der Waals surface area contributed by atoms with Gasteiger partial charge in [-0.2, -0.15) is 0 Å². The molecule has 7 N–H and O–H groups in total. The Balaban J connectivity index is 1.97. The highest BCUT2D eigenvalue weighted by molar-refractivity contribution is 5.89. The molecule has 0 aliphatic heterocycles. The van der Waals surface area contributed by atoms with Crippen molar-refractivity contribution in [3.8, 4) is 23.0 Å². The summed E-state index contributed by atoms with van der Waals surface area (Å²) < 4.78 is 20.8. The van der Waals surface area contributed by atoms with Crippen molar-refractivity contribution in [2.45, 2.75) is 55.7 Å². The second-order valence-corrected chi connectivity index (χ2v) is 10.8. The monoisotopic (exact) mass is 660 g/mol. The predicted molar refractivity (Wildman–Crippen MR) is 156 cm³/mol. The van der Waals surface area contributed by atoms with Crippen LogP contribution in [0.25, 0.3) is 12.2 Å². The van der Waals surface area contributed by atoms with Gasteiger partial charge in [-0.3, -0.25) is 4.79 Å². The molecule has 0 heterocycles. The zero-order valence-corrected chi connectivity index (χ0v) is 24.9. The summed E-state index contributed by atoms with van der Waals surface area (Å²) >= 11 is 0. The maximum Gasteiger partial charge on any atom is 0.338 e. The van der Waals surface area contributed by atoms with Crippen molar-refractivity contribution < 1.29 is 78.7 Å². The lowest BCUT2D eigenvalue weighted by Gasteiger charge is -2.43. The van der Waals surface area contributed by atoms with Gasteiger partial charge in [0, 0.05) is 25.0 Å². The number of ether oxygens (including phenoxy) is 4. The quantitative estimate of drug-likeness (QED) is 0.0763. The van der Waals surface area contributed by atoms with E-state index in [0.717, 1.165) is 50.5 Å². The van der Waals surface area contributed by atoms with Gasteiger partial charge in [0.1, 0.15) is 12.2 Å². The normalized spacial score (nSPS) is 22.3. The second kappa shape index (κ2) is 14.7. The standard InChI is InChI=1S/C31H32O16/c1-30(42,15-24(36)37)28(40)47-27-22(45-25(38)9-5-16-3-7-18(32)20(34)11-16)13-31(43,29(41)44-2)14-23(27)46-26(39)10-6-17-4-8-19(33)21(35)12-17/h3-12,22-23,27,32-35,42-43H,13-15H2,1-2H3,(H,36,37)/b9-5+,10-6+/t22-,23-,27?,30?,31?/m1/s1. The highest BCUT2D eigenvalue weighted by atomic mass is 16.6. The summed E-state index contributed by atoms with van der Waals surface area (Å²) in [6.45, 7) is 0.838. The molecule has 1 aliphatic rings. The number of rotatable bonds is 11. The maximum atomic E-state index is 12.9. The summed E-state index contributed by atoms with van der Waals surface area (Å²) in [6.07, 6.45) is -3.96. The van der Waals surface area contributed by atoms with Crippen molar-refractivity contribution in [2.75, 3.05) is 7.11 Å². The predicted octanol–water partition coefficient (Wildman–Crippen LogP) is 0.895. The van der Waals surface area contributed by atoms with E-state index in [2.05, 4.69) is 4.74 Å². The van der Waals surface area contributed by atoms with Crippen LogP contribution in [0.5, 0.6) is 23.0 Å². The molecule has 252 valence electrons. The first-order chi connectivity index (χ1) is 21.9. The largest absolute Gasteiger partial charge is 0.504 e. The van der Waals surface area contributed by atoms with Gasteiger partial charge in [-0.15, -0.1) is 0 Å². The molecular weight excluding hydrogens is 628 g/mol. The fourth-order valence-electron chi connectivity index (χ4n) is 4.56. The topological polar surface area (TPSA) is 264 Å². The van der Waals surface area contributed by atoms with Crippen molar-refractivity contribution in [3.05, 3.63) is 59.7 Å². The van der Waals surface area contributed by atoms with Crippen LogP contribution < -0.4 is 0 Å². The lowest BCUT2D eigenvalue weighted by atomic mass is 9.79.